The molecule has 39 heavy (non-hydrogen) atoms. The number of pyridine rings is 1. The van der Waals surface area contributed by atoms with Gasteiger partial charge in [-0.25, -0.2) is 0 Å². The third-order valence-electron chi connectivity index (χ3n) is 6.08. The third-order valence-corrected chi connectivity index (χ3v) is 6.08. The van der Waals surface area contributed by atoms with Gasteiger partial charge in [0.2, 0.25) is 0 Å². The van der Waals surface area contributed by atoms with Crippen molar-refractivity contribution in [3.05, 3.63) is 93.4 Å². The molecule has 0 saturated heterocycles. The van der Waals surface area contributed by atoms with Gasteiger partial charge in [0.1, 0.15) is 0 Å². The van der Waals surface area contributed by atoms with Crippen LogP contribution in [0.5, 0.6) is 23.0 Å². The van der Waals surface area contributed by atoms with E-state index >= 15 is 0 Å². The average molecular weight is 556 g/mol. The zero-order valence-corrected chi connectivity index (χ0v) is 23.8. The third kappa shape index (κ3) is 7.67. The van der Waals surface area contributed by atoms with Crippen LogP contribution in [0.3, 0.4) is 0 Å². The fourth-order valence-corrected chi connectivity index (χ4v) is 4.08. The van der Waals surface area contributed by atoms with Crippen molar-refractivity contribution in [1.82, 2.24) is 4.98 Å². The van der Waals surface area contributed by atoms with Crippen LogP contribution in [0.25, 0.3) is 10.8 Å². The van der Waals surface area contributed by atoms with E-state index in [9.17, 15) is 9.59 Å². The Morgan fingerprint density at radius 2 is 1.28 bits per heavy atom. The quantitative estimate of drug-likeness (QED) is 0.295. The molecule has 0 atom stereocenters. The van der Waals surface area contributed by atoms with E-state index in [0.29, 0.717) is 29.4 Å². The SMILES string of the molecule is COC(=O)Cc1ccc(OC)c(OC)c1.COc1cc2c(C)[nH]c(=O)c(Cc3ccccc3)c2cc1OC.Cl. The number of esters is 1. The fraction of sp³-hybridized carbons (Fsp3) is 0.267. The summed E-state index contributed by atoms with van der Waals surface area (Å²) in [5, 5.41) is 1.86. The van der Waals surface area contributed by atoms with Crippen LogP contribution in [0.4, 0.5) is 0 Å². The van der Waals surface area contributed by atoms with E-state index in [0.717, 1.165) is 33.2 Å². The van der Waals surface area contributed by atoms with Gasteiger partial charge in [0, 0.05) is 23.1 Å². The van der Waals surface area contributed by atoms with Crippen LogP contribution in [0.1, 0.15) is 22.4 Å². The topological polar surface area (TPSA) is 96.1 Å². The lowest BCUT2D eigenvalue weighted by Crippen LogP contribution is -2.15. The Morgan fingerprint density at radius 1 is 0.718 bits per heavy atom. The lowest BCUT2D eigenvalue weighted by Gasteiger charge is -2.13. The van der Waals surface area contributed by atoms with Crippen LogP contribution in [0.15, 0.2) is 65.5 Å². The summed E-state index contributed by atoms with van der Waals surface area (Å²) >= 11 is 0. The second kappa shape index (κ2) is 14.7. The maximum atomic E-state index is 12.5. The molecular formula is C30H34ClNO7. The molecule has 8 nitrogen and oxygen atoms in total. The molecule has 1 aromatic heterocycles. The molecule has 0 bridgehead atoms. The average Bonchev–Trinajstić information content (AvgIpc) is 2.95. The van der Waals surface area contributed by atoms with E-state index < -0.39 is 0 Å². The van der Waals surface area contributed by atoms with E-state index in [2.05, 4.69) is 9.72 Å². The smallest absolute Gasteiger partial charge is 0.309 e. The molecule has 4 aromatic rings. The van der Waals surface area contributed by atoms with Gasteiger partial charge < -0.3 is 28.7 Å². The number of carbonyl (C=O) groups excluding carboxylic acids is 1. The molecular weight excluding hydrogens is 522 g/mol. The molecule has 0 amide bonds. The number of fused-ring (bicyclic) bond motifs is 1. The van der Waals surface area contributed by atoms with E-state index in [1.807, 2.05) is 49.4 Å². The number of halogens is 1. The van der Waals surface area contributed by atoms with Crippen molar-refractivity contribution < 1.29 is 28.5 Å². The molecule has 0 fully saturated rings. The number of aryl methyl sites for hydroxylation is 1. The summed E-state index contributed by atoms with van der Waals surface area (Å²) in [7, 11) is 7.69. The number of aromatic nitrogens is 1. The van der Waals surface area contributed by atoms with Gasteiger partial charge in [0.25, 0.3) is 5.56 Å². The summed E-state index contributed by atoms with van der Waals surface area (Å²) in [5.41, 5.74) is 3.42. The standard InChI is InChI=1S/C19H19NO3.C11H14O4.ClH/c1-12-14-10-17(22-2)18(23-3)11-15(14)16(19(21)20-12)9-13-7-5-4-6-8-13;1-13-9-5-4-8(6-10(9)14-2)7-11(12)15-3;/h4-8,10-11H,9H2,1-3H3,(H,20,21);4-6H,7H2,1-3H3;1H. The number of hydrogen-bond donors (Lipinski definition) is 1. The van der Waals surface area contributed by atoms with Crippen LogP contribution in [-0.2, 0) is 22.4 Å². The van der Waals surface area contributed by atoms with E-state index in [1.165, 1.54) is 7.11 Å². The van der Waals surface area contributed by atoms with Crippen molar-refractivity contribution in [3.8, 4) is 23.0 Å². The summed E-state index contributed by atoms with van der Waals surface area (Å²) in [6, 6.07) is 19.1. The van der Waals surface area contributed by atoms with Crippen molar-refractivity contribution in [2.45, 2.75) is 19.8 Å². The first kappa shape index (κ1) is 31.1. The summed E-state index contributed by atoms with van der Waals surface area (Å²) in [4.78, 5) is 26.5. The molecule has 9 heteroatoms. The summed E-state index contributed by atoms with van der Waals surface area (Å²) < 4.78 is 25.5. The maximum Gasteiger partial charge on any atom is 0.309 e. The van der Waals surface area contributed by atoms with Gasteiger partial charge in [-0.1, -0.05) is 36.4 Å². The number of methoxy groups -OCH3 is 5. The molecule has 208 valence electrons. The van der Waals surface area contributed by atoms with Gasteiger partial charge in [0.15, 0.2) is 23.0 Å². The fourth-order valence-electron chi connectivity index (χ4n) is 4.08. The highest BCUT2D eigenvalue weighted by Gasteiger charge is 2.14. The highest BCUT2D eigenvalue weighted by molar-refractivity contribution is 5.90. The Morgan fingerprint density at radius 3 is 1.85 bits per heavy atom. The Bertz CT molecular complexity index is 1450. The van der Waals surface area contributed by atoms with Gasteiger partial charge in [-0.3, -0.25) is 9.59 Å². The lowest BCUT2D eigenvalue weighted by molar-refractivity contribution is -0.139. The number of H-pyrrole nitrogens is 1. The lowest BCUT2D eigenvalue weighted by atomic mass is 9.98. The number of ether oxygens (including phenoxy) is 5. The minimum Gasteiger partial charge on any atom is -0.493 e. The first-order chi connectivity index (χ1) is 18.3. The monoisotopic (exact) mass is 555 g/mol. The number of hydrogen-bond acceptors (Lipinski definition) is 7. The van der Waals surface area contributed by atoms with Crippen LogP contribution in [0, 0.1) is 6.92 Å². The number of carbonyl (C=O) groups is 1. The summed E-state index contributed by atoms with van der Waals surface area (Å²) in [6.07, 6.45) is 0.805. The Labute approximate surface area is 234 Å². The summed E-state index contributed by atoms with van der Waals surface area (Å²) in [5.74, 6) is 2.26. The molecule has 1 N–H and O–H groups in total. The molecule has 1 heterocycles. The van der Waals surface area contributed by atoms with Crippen molar-refractivity contribution >= 4 is 29.1 Å². The highest BCUT2D eigenvalue weighted by Crippen LogP contribution is 2.34. The van der Waals surface area contributed by atoms with E-state index in [1.54, 1.807) is 46.6 Å². The molecule has 0 saturated carbocycles. The Kier molecular flexibility index (Phi) is 11.7. The van der Waals surface area contributed by atoms with E-state index in [4.69, 9.17) is 18.9 Å². The Hall–Kier alpha value is -4.17. The molecule has 4 rings (SSSR count). The van der Waals surface area contributed by atoms with Crippen molar-refractivity contribution in [2.75, 3.05) is 35.5 Å². The first-order valence-corrected chi connectivity index (χ1v) is 11.9. The Balaban J connectivity index is 0.000000292. The van der Waals surface area contributed by atoms with Crippen LogP contribution in [-0.4, -0.2) is 46.5 Å². The number of benzene rings is 3. The number of nitrogens with one attached hydrogen (secondary N) is 1. The van der Waals surface area contributed by atoms with Gasteiger partial charge >= 0.3 is 5.97 Å². The molecule has 0 spiro atoms. The maximum absolute atomic E-state index is 12.5. The van der Waals surface area contributed by atoms with Gasteiger partial charge in [0.05, 0.1) is 42.0 Å². The molecule has 0 aliphatic rings. The molecule has 0 aliphatic carbocycles. The largest absolute Gasteiger partial charge is 0.493 e. The highest BCUT2D eigenvalue weighted by atomic mass is 35.5. The predicted octanol–water partition coefficient (Wildman–Crippen LogP) is 5.29. The minimum absolute atomic E-state index is 0. The van der Waals surface area contributed by atoms with Gasteiger partial charge in [-0.2, -0.15) is 0 Å². The zero-order chi connectivity index (χ0) is 27.7. The minimum atomic E-state index is -0.276. The first-order valence-electron chi connectivity index (χ1n) is 11.9. The van der Waals surface area contributed by atoms with Crippen LogP contribution >= 0.6 is 12.4 Å². The second-order valence-electron chi connectivity index (χ2n) is 8.42. The second-order valence-corrected chi connectivity index (χ2v) is 8.42. The zero-order valence-electron chi connectivity index (χ0n) is 23.0. The molecule has 3 aromatic carbocycles. The van der Waals surface area contributed by atoms with Crippen molar-refractivity contribution in [3.63, 3.8) is 0 Å². The van der Waals surface area contributed by atoms with Gasteiger partial charge in [-0.15, -0.1) is 12.4 Å². The predicted molar refractivity (Wildman–Crippen MR) is 154 cm³/mol. The van der Waals surface area contributed by atoms with Gasteiger partial charge in [-0.05, 0) is 47.7 Å². The number of aromatic amines is 1. The van der Waals surface area contributed by atoms with Crippen molar-refractivity contribution in [2.24, 2.45) is 0 Å². The molecule has 0 unspecified atom stereocenters. The van der Waals surface area contributed by atoms with Crippen LogP contribution < -0.4 is 24.5 Å². The normalized spacial score (nSPS) is 10.0. The molecule has 0 aliphatic heterocycles. The number of rotatable bonds is 8. The van der Waals surface area contributed by atoms with Crippen LogP contribution in [0.2, 0.25) is 0 Å². The summed E-state index contributed by atoms with van der Waals surface area (Å²) in [6.45, 7) is 1.89. The molecule has 0 radical (unpaired) electrons. The van der Waals surface area contributed by atoms with Crippen molar-refractivity contribution in [1.29, 1.82) is 0 Å². The van der Waals surface area contributed by atoms with E-state index in [-0.39, 0.29) is 30.4 Å².